The third-order valence-corrected chi connectivity index (χ3v) is 5.79. The zero-order valence-electron chi connectivity index (χ0n) is 21.8. The molecule has 1 atom stereocenters. The molecule has 0 aliphatic rings. The van der Waals surface area contributed by atoms with Crippen LogP contribution in [0.25, 0.3) is 0 Å². The van der Waals surface area contributed by atoms with Crippen molar-refractivity contribution < 1.29 is 67.4 Å². The summed E-state index contributed by atoms with van der Waals surface area (Å²) in [4.78, 5) is 23.9. The van der Waals surface area contributed by atoms with Crippen LogP contribution >= 0.6 is 0 Å². The number of halogens is 11. The molecule has 0 aromatic carbocycles. The van der Waals surface area contributed by atoms with Gasteiger partial charge in [0.1, 0.15) is 12.7 Å². The molecule has 0 aliphatic heterocycles. The van der Waals surface area contributed by atoms with Crippen LogP contribution in [0, 0.1) is 0 Å². The minimum absolute atomic E-state index is 0.172. The predicted octanol–water partition coefficient (Wildman–Crippen LogP) is 8.66. The van der Waals surface area contributed by atoms with E-state index in [0.717, 1.165) is 32.1 Å². The Morgan fingerprint density at radius 2 is 1.03 bits per heavy atom. The fraction of sp³-hybridized carbons (Fsp3) is 0.917. The summed E-state index contributed by atoms with van der Waals surface area (Å²) < 4.78 is 156. The highest BCUT2D eigenvalue weighted by molar-refractivity contribution is 5.70. The molecule has 0 aromatic heterocycles. The van der Waals surface area contributed by atoms with Crippen molar-refractivity contribution in [1.29, 1.82) is 0 Å². The fourth-order valence-corrected chi connectivity index (χ4v) is 3.40. The number of unbranched alkanes of at least 4 members (excludes halogenated alkanes) is 8. The Balaban J connectivity index is 5.61. The molecule has 0 rings (SSSR count). The van der Waals surface area contributed by atoms with Gasteiger partial charge >= 0.3 is 41.8 Å². The van der Waals surface area contributed by atoms with Crippen molar-refractivity contribution in [3.63, 3.8) is 0 Å². The number of rotatable bonds is 20. The summed E-state index contributed by atoms with van der Waals surface area (Å²) in [5.41, 5.74) is 0. The van der Waals surface area contributed by atoms with Gasteiger partial charge in [0.25, 0.3) is 0 Å². The van der Waals surface area contributed by atoms with Gasteiger partial charge < -0.3 is 9.47 Å². The van der Waals surface area contributed by atoms with Crippen LogP contribution in [-0.2, 0) is 19.1 Å². The largest absolute Gasteiger partial charge is 0.462 e. The molecule has 39 heavy (non-hydrogen) atoms. The molecule has 1 unspecified atom stereocenters. The molecule has 0 radical (unpaired) electrons. The third kappa shape index (κ3) is 10.9. The number of carbonyl (C=O) groups excluding carboxylic acids is 2. The van der Waals surface area contributed by atoms with E-state index in [-0.39, 0.29) is 12.8 Å². The first-order valence-electron chi connectivity index (χ1n) is 12.7. The van der Waals surface area contributed by atoms with Gasteiger partial charge in [-0.05, 0) is 12.8 Å². The standard InChI is InChI=1S/C24H35F11O4/c1-3-5-7-9-11-13-18(36)38-16-17(39-19(37)14-12-10-8-6-4-2)15-20(25,26)21(27,28)22(29,30)23(31,32)24(33,34)35/h17H,3-16H2,1-2H3. The molecule has 0 saturated heterocycles. The highest BCUT2D eigenvalue weighted by Crippen LogP contribution is 2.58. The van der Waals surface area contributed by atoms with Crippen molar-refractivity contribution in [3.8, 4) is 0 Å². The van der Waals surface area contributed by atoms with Crippen molar-refractivity contribution in [2.24, 2.45) is 0 Å². The predicted molar refractivity (Wildman–Crippen MR) is 118 cm³/mol. The first kappa shape index (κ1) is 37.2. The lowest BCUT2D eigenvalue weighted by Gasteiger charge is -2.38. The van der Waals surface area contributed by atoms with Gasteiger partial charge in [0.15, 0.2) is 0 Å². The maximum Gasteiger partial charge on any atom is 0.460 e. The van der Waals surface area contributed by atoms with Gasteiger partial charge in [-0.2, -0.15) is 48.3 Å². The zero-order chi connectivity index (χ0) is 30.5. The third-order valence-electron chi connectivity index (χ3n) is 5.79. The quantitative estimate of drug-likeness (QED) is 0.0802. The number of alkyl halides is 11. The van der Waals surface area contributed by atoms with Crippen molar-refractivity contribution in [3.05, 3.63) is 0 Å². The lowest BCUT2D eigenvalue weighted by molar-refractivity contribution is -0.423. The van der Waals surface area contributed by atoms with Crippen LogP contribution in [0.15, 0.2) is 0 Å². The molecule has 0 fully saturated rings. The van der Waals surface area contributed by atoms with Crippen LogP contribution in [0.4, 0.5) is 48.3 Å². The smallest absolute Gasteiger partial charge is 0.460 e. The van der Waals surface area contributed by atoms with Crippen molar-refractivity contribution in [2.45, 2.75) is 133 Å². The Morgan fingerprint density at radius 3 is 1.46 bits per heavy atom. The lowest BCUT2D eigenvalue weighted by Crippen LogP contribution is -2.66. The van der Waals surface area contributed by atoms with Gasteiger partial charge in [-0.1, -0.05) is 65.2 Å². The normalized spacial score (nSPS) is 14.3. The maximum absolute atomic E-state index is 14.3. The minimum atomic E-state index is -7.58. The van der Waals surface area contributed by atoms with E-state index in [9.17, 15) is 57.9 Å². The van der Waals surface area contributed by atoms with Crippen LogP contribution in [-0.4, -0.2) is 54.5 Å². The molecule has 0 saturated carbocycles. The van der Waals surface area contributed by atoms with E-state index < -0.39 is 67.4 Å². The fourth-order valence-electron chi connectivity index (χ4n) is 3.40. The van der Waals surface area contributed by atoms with E-state index in [1.807, 2.05) is 13.8 Å². The Hall–Kier alpha value is -1.83. The Bertz CT molecular complexity index is 740. The summed E-state index contributed by atoms with van der Waals surface area (Å²) in [6.07, 6.45) is -6.68. The van der Waals surface area contributed by atoms with Crippen LogP contribution < -0.4 is 0 Å². The minimum Gasteiger partial charge on any atom is -0.462 e. The molecule has 0 spiro atoms. The van der Waals surface area contributed by atoms with Crippen molar-refractivity contribution in [1.82, 2.24) is 0 Å². The highest BCUT2D eigenvalue weighted by atomic mass is 19.4. The number of hydrogen-bond donors (Lipinski definition) is 0. The van der Waals surface area contributed by atoms with Gasteiger partial charge in [-0.15, -0.1) is 0 Å². The Morgan fingerprint density at radius 1 is 0.590 bits per heavy atom. The van der Waals surface area contributed by atoms with E-state index >= 15 is 0 Å². The lowest BCUT2D eigenvalue weighted by atomic mass is 9.94. The molecule has 0 amide bonds. The van der Waals surface area contributed by atoms with Crippen LogP contribution in [0.5, 0.6) is 0 Å². The summed E-state index contributed by atoms with van der Waals surface area (Å²) in [5, 5.41) is 0. The number of carbonyl (C=O) groups is 2. The SMILES string of the molecule is CCCCCCCC(=O)OCC(CC(F)(F)C(F)(F)C(F)(F)C(F)(F)C(F)(F)F)OC(=O)CCCCCCC. The van der Waals surface area contributed by atoms with Crippen molar-refractivity contribution in [2.75, 3.05) is 6.61 Å². The molecule has 0 bridgehead atoms. The summed E-state index contributed by atoms with van der Waals surface area (Å²) in [7, 11) is 0. The van der Waals surface area contributed by atoms with E-state index in [0.29, 0.717) is 25.7 Å². The monoisotopic (exact) mass is 596 g/mol. The molecule has 0 N–H and O–H groups in total. The second-order valence-corrected chi connectivity index (χ2v) is 9.25. The summed E-state index contributed by atoms with van der Waals surface area (Å²) in [6.45, 7) is 2.50. The van der Waals surface area contributed by atoms with Gasteiger partial charge in [0, 0.05) is 12.8 Å². The molecule has 0 aliphatic carbocycles. The van der Waals surface area contributed by atoms with Gasteiger partial charge in [-0.3, -0.25) is 9.59 Å². The van der Waals surface area contributed by atoms with Crippen LogP contribution in [0.3, 0.4) is 0 Å². The molecular weight excluding hydrogens is 561 g/mol. The van der Waals surface area contributed by atoms with Crippen molar-refractivity contribution >= 4 is 11.9 Å². The van der Waals surface area contributed by atoms with Crippen LogP contribution in [0.1, 0.15) is 97.3 Å². The highest BCUT2D eigenvalue weighted by Gasteiger charge is 2.87. The second-order valence-electron chi connectivity index (χ2n) is 9.25. The van der Waals surface area contributed by atoms with E-state index in [1.165, 1.54) is 0 Å². The number of hydrogen-bond acceptors (Lipinski definition) is 4. The summed E-state index contributed by atoms with van der Waals surface area (Å²) in [5.74, 6) is -30.9. The average molecular weight is 597 g/mol. The van der Waals surface area contributed by atoms with Crippen LogP contribution in [0.2, 0.25) is 0 Å². The maximum atomic E-state index is 14.3. The Labute approximate surface area is 220 Å². The summed E-state index contributed by atoms with van der Waals surface area (Å²) in [6, 6.07) is 0. The van der Waals surface area contributed by atoms with Gasteiger partial charge in [-0.25, -0.2) is 0 Å². The Kier molecular flexibility index (Phi) is 15.1. The number of ether oxygens (including phenoxy) is 2. The first-order valence-corrected chi connectivity index (χ1v) is 12.7. The van der Waals surface area contributed by atoms with Gasteiger partial charge in [0.05, 0.1) is 6.42 Å². The molecule has 4 nitrogen and oxygen atoms in total. The molecule has 0 aromatic rings. The zero-order valence-corrected chi connectivity index (χ0v) is 21.8. The molecule has 0 heterocycles. The topological polar surface area (TPSA) is 52.6 Å². The molecule has 15 heteroatoms. The molecule has 232 valence electrons. The summed E-state index contributed by atoms with van der Waals surface area (Å²) >= 11 is 0. The number of esters is 2. The molecular formula is C24H35F11O4. The van der Waals surface area contributed by atoms with E-state index in [4.69, 9.17) is 0 Å². The van der Waals surface area contributed by atoms with E-state index in [2.05, 4.69) is 9.47 Å². The second kappa shape index (κ2) is 15.8. The van der Waals surface area contributed by atoms with E-state index in [1.54, 1.807) is 0 Å². The average Bonchev–Trinajstić information content (AvgIpc) is 2.81. The van der Waals surface area contributed by atoms with Gasteiger partial charge in [0.2, 0.25) is 0 Å². The first-order chi connectivity index (χ1) is 17.8.